The normalized spacial score (nSPS) is 16.8. The molecule has 28 heavy (non-hydrogen) atoms. The molecule has 5 N–H and O–H groups in total. The molecule has 1 aromatic carbocycles. The van der Waals surface area contributed by atoms with Gasteiger partial charge in [-0.3, -0.25) is 0 Å². The molecule has 0 radical (unpaired) electrons. The number of aromatic nitrogens is 2. The zero-order valence-corrected chi connectivity index (χ0v) is 16.7. The van der Waals surface area contributed by atoms with E-state index >= 15 is 0 Å². The minimum atomic E-state index is -3.50. The summed E-state index contributed by atoms with van der Waals surface area (Å²) in [5.41, 5.74) is 17.0. The molecule has 8 nitrogen and oxygen atoms in total. The van der Waals surface area contributed by atoms with Gasteiger partial charge in [0.15, 0.2) is 0 Å². The quantitative estimate of drug-likeness (QED) is 0.554. The Labute approximate surface area is 164 Å². The van der Waals surface area contributed by atoms with Gasteiger partial charge in [0.2, 0.25) is 0 Å². The summed E-state index contributed by atoms with van der Waals surface area (Å²) in [5.74, 6) is 0.497. The molecule has 3 aromatic rings. The van der Waals surface area contributed by atoms with E-state index < -0.39 is 10.2 Å². The molecule has 4 rings (SSSR count). The summed E-state index contributed by atoms with van der Waals surface area (Å²) in [6, 6.07) is 9.48. The molecular weight excluding hydrogens is 376 g/mol. The van der Waals surface area contributed by atoms with Crippen molar-refractivity contribution in [3.05, 3.63) is 53.3 Å². The van der Waals surface area contributed by atoms with Gasteiger partial charge < -0.3 is 16.0 Å². The van der Waals surface area contributed by atoms with E-state index in [4.69, 9.17) is 11.5 Å². The van der Waals surface area contributed by atoms with Crippen LogP contribution in [0, 0.1) is 0 Å². The summed E-state index contributed by atoms with van der Waals surface area (Å²) in [5, 5.41) is 1.06. The third-order valence-corrected chi connectivity index (χ3v) is 6.84. The minimum Gasteiger partial charge on any atom is -0.399 e. The van der Waals surface area contributed by atoms with Crippen molar-refractivity contribution in [2.45, 2.75) is 25.4 Å². The van der Waals surface area contributed by atoms with Crippen LogP contribution in [0.4, 0.5) is 11.5 Å². The molecule has 0 amide bonds. The van der Waals surface area contributed by atoms with Crippen molar-refractivity contribution in [2.24, 2.45) is 0 Å². The van der Waals surface area contributed by atoms with Gasteiger partial charge in [-0.15, -0.1) is 0 Å². The Morgan fingerprint density at radius 2 is 2.04 bits per heavy atom. The number of hydrogen-bond donors (Lipinski definition) is 3. The average molecular weight is 401 g/mol. The van der Waals surface area contributed by atoms with Crippen LogP contribution in [0.3, 0.4) is 0 Å². The van der Waals surface area contributed by atoms with E-state index in [1.807, 2.05) is 30.3 Å². The number of nitrogens with zero attached hydrogens (tertiary/aromatic N) is 3. The molecule has 1 aliphatic rings. The van der Waals surface area contributed by atoms with Gasteiger partial charge in [0.25, 0.3) is 10.2 Å². The zero-order chi connectivity index (χ0) is 20.1. The Hall–Kier alpha value is -2.62. The zero-order valence-electron chi connectivity index (χ0n) is 15.9. The lowest BCUT2D eigenvalue weighted by Crippen LogP contribution is -2.42. The second kappa shape index (κ2) is 6.77. The Kier molecular flexibility index (Phi) is 4.53. The lowest BCUT2D eigenvalue weighted by Gasteiger charge is -2.18. The molecule has 148 valence electrons. The van der Waals surface area contributed by atoms with Gasteiger partial charge in [0, 0.05) is 60.6 Å². The maximum atomic E-state index is 12.3. The Bertz CT molecular complexity index is 1150. The first-order chi connectivity index (χ1) is 13.3. The van der Waals surface area contributed by atoms with E-state index in [1.165, 1.54) is 18.4 Å². The smallest absolute Gasteiger partial charge is 0.279 e. The first-order valence-electron chi connectivity index (χ1n) is 9.05. The van der Waals surface area contributed by atoms with Gasteiger partial charge in [-0.05, 0) is 36.2 Å². The molecule has 2 heterocycles. The highest BCUT2D eigenvalue weighted by molar-refractivity contribution is 7.87. The van der Waals surface area contributed by atoms with Crippen molar-refractivity contribution in [1.82, 2.24) is 18.6 Å². The van der Waals surface area contributed by atoms with Gasteiger partial charge in [0.05, 0.1) is 6.54 Å². The number of pyridine rings is 1. The van der Waals surface area contributed by atoms with Crippen molar-refractivity contribution >= 4 is 32.6 Å². The molecule has 0 saturated carbocycles. The van der Waals surface area contributed by atoms with Crippen LogP contribution in [-0.4, -0.2) is 42.4 Å². The standard InChI is InChI=1S/C19H24N6O2S/c1-24(2)28(26,27)23-14-9-16-15-8-13(20)5-6-17(15)25(18(16)10-14)11-12-4-3-7-22-19(12)21/h3-8,14,23H,9-11,20H2,1-2H3,(H2,21,22)/t14-/m1/s1. The number of benzene rings is 1. The highest BCUT2D eigenvalue weighted by atomic mass is 32.2. The van der Waals surface area contributed by atoms with Gasteiger partial charge in [-0.2, -0.15) is 17.4 Å². The topological polar surface area (TPSA) is 119 Å². The molecule has 0 aliphatic heterocycles. The predicted molar refractivity (Wildman–Crippen MR) is 111 cm³/mol. The highest BCUT2D eigenvalue weighted by Crippen LogP contribution is 2.35. The van der Waals surface area contributed by atoms with Gasteiger partial charge in [-0.1, -0.05) is 6.07 Å². The van der Waals surface area contributed by atoms with Crippen molar-refractivity contribution in [3.63, 3.8) is 0 Å². The van der Waals surface area contributed by atoms with Crippen molar-refractivity contribution in [2.75, 3.05) is 25.6 Å². The summed E-state index contributed by atoms with van der Waals surface area (Å²) < 4.78 is 30.7. The first-order valence-corrected chi connectivity index (χ1v) is 10.5. The summed E-state index contributed by atoms with van der Waals surface area (Å²) in [7, 11) is -0.458. The minimum absolute atomic E-state index is 0.194. The maximum absolute atomic E-state index is 12.3. The molecular formula is C19H24N6O2S. The van der Waals surface area contributed by atoms with E-state index in [1.54, 1.807) is 6.20 Å². The summed E-state index contributed by atoms with van der Waals surface area (Å²) in [4.78, 5) is 4.18. The molecule has 0 fully saturated rings. The molecule has 9 heteroatoms. The number of nitrogens with one attached hydrogen (secondary N) is 1. The van der Waals surface area contributed by atoms with Crippen molar-refractivity contribution in [1.29, 1.82) is 0 Å². The van der Waals surface area contributed by atoms with Crippen LogP contribution in [0.15, 0.2) is 36.5 Å². The Morgan fingerprint density at radius 1 is 1.25 bits per heavy atom. The Morgan fingerprint density at radius 3 is 2.75 bits per heavy atom. The van der Waals surface area contributed by atoms with Crippen LogP contribution in [-0.2, 0) is 29.6 Å². The third kappa shape index (κ3) is 3.21. The molecule has 0 bridgehead atoms. The number of rotatable bonds is 5. The first kappa shape index (κ1) is 18.7. The SMILES string of the molecule is CN(C)S(=O)(=O)N[C@@H]1Cc2c(n(Cc3cccnc3N)c3ccc(N)cc23)C1. The number of nitrogen functional groups attached to an aromatic ring is 2. The second-order valence-electron chi connectivity index (χ2n) is 7.35. The van der Waals surface area contributed by atoms with Gasteiger partial charge in [-0.25, -0.2) is 4.98 Å². The second-order valence-corrected chi connectivity index (χ2v) is 9.26. The molecule has 2 aromatic heterocycles. The van der Waals surface area contributed by atoms with E-state index in [2.05, 4.69) is 14.3 Å². The van der Waals surface area contributed by atoms with E-state index in [9.17, 15) is 8.42 Å². The Balaban J connectivity index is 1.76. The van der Waals surface area contributed by atoms with Gasteiger partial charge >= 0.3 is 0 Å². The molecule has 1 aliphatic carbocycles. The van der Waals surface area contributed by atoms with Crippen molar-refractivity contribution in [3.8, 4) is 0 Å². The lowest BCUT2D eigenvalue weighted by molar-refractivity contribution is 0.487. The fourth-order valence-corrected chi connectivity index (χ4v) is 4.64. The van der Waals surface area contributed by atoms with Crippen LogP contribution in [0.2, 0.25) is 0 Å². The van der Waals surface area contributed by atoms with E-state index in [0.29, 0.717) is 30.9 Å². The average Bonchev–Trinajstić information content (AvgIpc) is 3.14. The van der Waals surface area contributed by atoms with Crippen LogP contribution < -0.4 is 16.2 Å². The highest BCUT2D eigenvalue weighted by Gasteiger charge is 2.31. The summed E-state index contributed by atoms with van der Waals surface area (Å²) in [6.07, 6.45) is 2.90. The van der Waals surface area contributed by atoms with Crippen molar-refractivity contribution < 1.29 is 8.42 Å². The predicted octanol–water partition coefficient (Wildman–Crippen LogP) is 1.11. The molecule has 0 unspecified atom stereocenters. The third-order valence-electron chi connectivity index (χ3n) is 5.25. The lowest BCUT2D eigenvalue weighted by atomic mass is 10.1. The molecule has 1 atom stereocenters. The molecule has 0 saturated heterocycles. The van der Waals surface area contributed by atoms with E-state index in [-0.39, 0.29) is 6.04 Å². The van der Waals surface area contributed by atoms with Crippen LogP contribution >= 0.6 is 0 Å². The fourth-order valence-electron chi connectivity index (χ4n) is 3.84. The molecule has 0 spiro atoms. The summed E-state index contributed by atoms with van der Waals surface area (Å²) in [6.45, 7) is 0.572. The number of anilines is 2. The fraction of sp³-hybridized carbons (Fsp3) is 0.316. The summed E-state index contributed by atoms with van der Waals surface area (Å²) >= 11 is 0. The maximum Gasteiger partial charge on any atom is 0.279 e. The number of hydrogen-bond acceptors (Lipinski definition) is 5. The van der Waals surface area contributed by atoms with E-state index in [0.717, 1.165) is 27.7 Å². The largest absolute Gasteiger partial charge is 0.399 e. The number of fused-ring (bicyclic) bond motifs is 3. The van der Waals surface area contributed by atoms with Crippen LogP contribution in [0.1, 0.15) is 16.8 Å². The monoisotopic (exact) mass is 400 g/mol. The number of nitrogens with two attached hydrogens (primary N) is 2. The van der Waals surface area contributed by atoms with Crippen LogP contribution in [0.5, 0.6) is 0 Å². The van der Waals surface area contributed by atoms with Crippen LogP contribution in [0.25, 0.3) is 10.9 Å². The van der Waals surface area contributed by atoms with Gasteiger partial charge in [0.1, 0.15) is 5.82 Å².